The Kier molecular flexibility index (Phi) is 7.35. The fourth-order valence-electron chi connectivity index (χ4n) is 3.38. The van der Waals surface area contributed by atoms with E-state index in [1.165, 1.54) is 35.6 Å². The second-order valence-corrected chi connectivity index (χ2v) is 8.18. The highest BCUT2D eigenvalue weighted by Crippen LogP contribution is 2.38. The first-order valence-corrected chi connectivity index (χ1v) is 10.9. The summed E-state index contributed by atoms with van der Waals surface area (Å²) in [7, 11) is 0. The Bertz CT molecular complexity index is 980. The second kappa shape index (κ2) is 10.2. The third-order valence-corrected chi connectivity index (χ3v) is 6.01. The number of esters is 1. The topological polar surface area (TPSA) is 98.5 Å². The summed E-state index contributed by atoms with van der Waals surface area (Å²) in [6.45, 7) is 2.27. The summed E-state index contributed by atoms with van der Waals surface area (Å²) in [6, 6.07) is 6.03. The number of ether oxygens (including phenoxy) is 1. The summed E-state index contributed by atoms with van der Waals surface area (Å²) in [5, 5.41) is 14.2. The molecule has 3 rings (SSSR count). The first-order chi connectivity index (χ1) is 14.5. The Labute approximate surface area is 178 Å². The number of benzene rings is 1. The van der Waals surface area contributed by atoms with Crippen LogP contribution in [0.15, 0.2) is 30.3 Å². The van der Waals surface area contributed by atoms with E-state index in [-0.39, 0.29) is 5.69 Å². The van der Waals surface area contributed by atoms with Crippen LogP contribution in [-0.2, 0) is 22.4 Å². The van der Waals surface area contributed by atoms with Crippen LogP contribution in [0, 0.1) is 10.1 Å². The van der Waals surface area contributed by atoms with Crippen molar-refractivity contribution >= 4 is 40.0 Å². The summed E-state index contributed by atoms with van der Waals surface area (Å²) in [5.41, 5.74) is 1.98. The number of aryl methyl sites for hydroxylation is 1. The summed E-state index contributed by atoms with van der Waals surface area (Å²) in [6.07, 6.45) is 8.45. The highest BCUT2D eigenvalue weighted by molar-refractivity contribution is 7.17. The number of thiophene rings is 1. The molecule has 1 N–H and O–H groups in total. The molecule has 30 heavy (non-hydrogen) atoms. The minimum absolute atomic E-state index is 0.0412. The van der Waals surface area contributed by atoms with Crippen molar-refractivity contribution in [2.75, 3.05) is 11.9 Å². The van der Waals surface area contributed by atoms with Gasteiger partial charge in [0.05, 0.1) is 17.1 Å². The summed E-state index contributed by atoms with van der Waals surface area (Å²) < 4.78 is 5.36. The van der Waals surface area contributed by atoms with E-state index in [1.807, 2.05) is 6.92 Å². The Hall–Kier alpha value is -3.00. The smallest absolute Gasteiger partial charge is 0.341 e. The zero-order valence-electron chi connectivity index (χ0n) is 16.8. The van der Waals surface area contributed by atoms with Gasteiger partial charge in [-0.25, -0.2) is 4.79 Å². The normalized spacial score (nSPS) is 13.5. The van der Waals surface area contributed by atoms with Gasteiger partial charge in [0.25, 0.3) is 5.69 Å². The average Bonchev–Trinajstić information content (AvgIpc) is 2.91. The number of carbonyl (C=O) groups is 2. The number of hydrogen-bond donors (Lipinski definition) is 1. The number of amides is 1. The Morgan fingerprint density at radius 2 is 2.07 bits per heavy atom. The number of non-ortho nitro benzene ring substituents is 1. The van der Waals surface area contributed by atoms with Crippen molar-refractivity contribution in [2.45, 2.75) is 45.4 Å². The van der Waals surface area contributed by atoms with Crippen LogP contribution in [0.5, 0.6) is 0 Å². The molecule has 0 aliphatic heterocycles. The minimum atomic E-state index is -0.482. The lowest BCUT2D eigenvalue weighted by molar-refractivity contribution is -0.384. The van der Waals surface area contributed by atoms with Crippen LogP contribution in [-0.4, -0.2) is 23.4 Å². The lowest BCUT2D eigenvalue weighted by Gasteiger charge is -2.08. The Morgan fingerprint density at radius 3 is 2.83 bits per heavy atom. The van der Waals surface area contributed by atoms with Gasteiger partial charge in [-0.1, -0.05) is 25.5 Å². The first kappa shape index (κ1) is 21.7. The average molecular weight is 429 g/mol. The molecule has 0 radical (unpaired) electrons. The van der Waals surface area contributed by atoms with Crippen molar-refractivity contribution in [3.63, 3.8) is 0 Å². The molecule has 0 fully saturated rings. The van der Waals surface area contributed by atoms with E-state index in [4.69, 9.17) is 4.74 Å². The Balaban J connectivity index is 1.81. The number of nitrogens with one attached hydrogen (secondary N) is 1. The number of nitro benzene ring substituents is 1. The van der Waals surface area contributed by atoms with Gasteiger partial charge in [-0.2, -0.15) is 0 Å². The van der Waals surface area contributed by atoms with Crippen LogP contribution >= 0.6 is 11.3 Å². The quantitative estimate of drug-likeness (QED) is 0.216. The summed E-state index contributed by atoms with van der Waals surface area (Å²) in [5.74, 6) is -0.795. The van der Waals surface area contributed by atoms with Gasteiger partial charge in [-0.05, 0) is 49.3 Å². The molecule has 1 heterocycles. The van der Waals surface area contributed by atoms with Gasteiger partial charge >= 0.3 is 5.97 Å². The maximum Gasteiger partial charge on any atom is 0.341 e. The zero-order chi connectivity index (χ0) is 21.5. The number of nitro groups is 1. The third-order valence-electron chi connectivity index (χ3n) is 4.81. The van der Waals surface area contributed by atoms with Gasteiger partial charge < -0.3 is 10.1 Å². The molecule has 158 valence electrons. The molecule has 0 saturated heterocycles. The highest BCUT2D eigenvalue weighted by Gasteiger charge is 2.26. The van der Waals surface area contributed by atoms with Gasteiger partial charge in [-0.15, -0.1) is 11.3 Å². The van der Waals surface area contributed by atoms with E-state index in [0.29, 0.717) is 22.7 Å². The van der Waals surface area contributed by atoms with Crippen molar-refractivity contribution in [1.29, 1.82) is 0 Å². The number of rotatable bonds is 7. The molecule has 0 saturated carbocycles. The number of nitrogens with zero attached hydrogens (tertiary/aromatic N) is 1. The van der Waals surface area contributed by atoms with E-state index in [1.54, 1.807) is 12.1 Å². The summed E-state index contributed by atoms with van der Waals surface area (Å²) >= 11 is 1.44. The van der Waals surface area contributed by atoms with Crippen molar-refractivity contribution in [3.05, 3.63) is 62.0 Å². The van der Waals surface area contributed by atoms with Gasteiger partial charge in [0.15, 0.2) is 0 Å². The first-order valence-electron chi connectivity index (χ1n) is 10.0. The van der Waals surface area contributed by atoms with Gasteiger partial charge in [-0.3, -0.25) is 14.9 Å². The molecule has 1 aromatic heterocycles. The van der Waals surface area contributed by atoms with Crippen LogP contribution in [0.4, 0.5) is 10.7 Å². The molecular weight excluding hydrogens is 404 g/mol. The molecule has 8 heteroatoms. The summed E-state index contributed by atoms with van der Waals surface area (Å²) in [4.78, 5) is 36.7. The lowest BCUT2D eigenvalue weighted by atomic mass is 10.1. The molecule has 1 aliphatic rings. The predicted octanol–water partition coefficient (Wildman–Crippen LogP) is 5.14. The molecule has 1 aromatic carbocycles. The minimum Gasteiger partial charge on any atom is -0.462 e. The third kappa shape index (κ3) is 5.33. The van der Waals surface area contributed by atoms with Crippen molar-refractivity contribution in [1.82, 2.24) is 0 Å². The van der Waals surface area contributed by atoms with Crippen LogP contribution in [0.3, 0.4) is 0 Å². The monoisotopic (exact) mass is 428 g/mol. The van der Waals surface area contributed by atoms with Gasteiger partial charge in [0.1, 0.15) is 5.00 Å². The Morgan fingerprint density at radius 1 is 1.27 bits per heavy atom. The van der Waals surface area contributed by atoms with Crippen LogP contribution in [0.2, 0.25) is 0 Å². The fraction of sp³-hybridized carbons (Fsp3) is 0.364. The van der Waals surface area contributed by atoms with Crippen molar-refractivity contribution < 1.29 is 19.2 Å². The molecule has 0 atom stereocenters. The van der Waals surface area contributed by atoms with Gasteiger partial charge in [0, 0.05) is 23.1 Å². The lowest BCUT2D eigenvalue weighted by Crippen LogP contribution is -2.13. The molecule has 0 unspecified atom stereocenters. The number of anilines is 1. The van der Waals surface area contributed by atoms with Crippen LogP contribution < -0.4 is 5.32 Å². The number of hydrogen-bond acceptors (Lipinski definition) is 6. The molecule has 2 aromatic rings. The van der Waals surface area contributed by atoms with Crippen molar-refractivity contribution in [3.8, 4) is 0 Å². The molecular formula is C22H24N2O5S. The van der Waals surface area contributed by atoms with E-state index in [9.17, 15) is 19.7 Å². The number of carbonyl (C=O) groups excluding carboxylic acids is 2. The second-order valence-electron chi connectivity index (χ2n) is 7.08. The molecule has 0 spiro atoms. The zero-order valence-corrected chi connectivity index (χ0v) is 17.6. The predicted molar refractivity (Wildman–Crippen MR) is 117 cm³/mol. The van der Waals surface area contributed by atoms with E-state index >= 15 is 0 Å². The SMILES string of the molecule is CCCOC(=O)c1c(NC(=O)C=Cc2cccc([N+](=O)[O-])c2)sc2c1CCCCC2. The van der Waals surface area contributed by atoms with Crippen LogP contribution in [0.25, 0.3) is 6.08 Å². The van der Waals surface area contributed by atoms with Gasteiger partial charge in [0.2, 0.25) is 5.91 Å². The molecule has 0 bridgehead atoms. The fourth-order valence-corrected chi connectivity index (χ4v) is 4.66. The highest BCUT2D eigenvalue weighted by atomic mass is 32.1. The number of fused-ring (bicyclic) bond motifs is 1. The maximum atomic E-state index is 12.7. The van der Waals surface area contributed by atoms with E-state index in [0.717, 1.165) is 49.0 Å². The van der Waals surface area contributed by atoms with E-state index in [2.05, 4.69) is 5.32 Å². The molecule has 1 amide bonds. The van der Waals surface area contributed by atoms with Crippen LogP contribution in [0.1, 0.15) is 59.0 Å². The van der Waals surface area contributed by atoms with E-state index < -0.39 is 16.8 Å². The maximum absolute atomic E-state index is 12.7. The van der Waals surface area contributed by atoms with Crippen molar-refractivity contribution in [2.24, 2.45) is 0 Å². The molecule has 1 aliphatic carbocycles. The molecule has 7 nitrogen and oxygen atoms in total. The standard InChI is InChI=1S/C22H24N2O5S/c1-2-13-29-22(26)20-17-9-4-3-5-10-18(17)30-21(20)23-19(25)12-11-15-7-6-8-16(14-15)24(27)28/h6-8,11-12,14H,2-5,9-10,13H2,1H3,(H,23,25). The largest absolute Gasteiger partial charge is 0.462 e.